The van der Waals surface area contributed by atoms with Crippen molar-refractivity contribution >= 4 is 66.3 Å². The zero-order valence-electron chi connectivity index (χ0n) is 20.5. The van der Waals surface area contributed by atoms with E-state index in [-0.39, 0.29) is 11.3 Å². The SMILES string of the molecule is O=C1S/C(=C\c2ccc(Br)cc2)C2(Oc3ccc(Br)cc3C3CC(c4ccccc4)=NN32)N1c1ccccc1. The van der Waals surface area contributed by atoms with E-state index in [0.29, 0.717) is 6.42 Å². The summed E-state index contributed by atoms with van der Waals surface area (Å²) in [6.45, 7) is 0. The lowest BCUT2D eigenvalue weighted by molar-refractivity contribution is -0.0763. The van der Waals surface area contributed by atoms with Crippen molar-refractivity contribution in [3.05, 3.63) is 134 Å². The smallest absolute Gasteiger partial charge is 0.321 e. The van der Waals surface area contributed by atoms with Gasteiger partial charge in [0.15, 0.2) is 0 Å². The number of fused-ring (bicyclic) bond motifs is 4. The van der Waals surface area contributed by atoms with Crippen LogP contribution in [0.2, 0.25) is 0 Å². The Morgan fingerprint density at radius 3 is 2.33 bits per heavy atom. The van der Waals surface area contributed by atoms with Crippen LogP contribution in [0, 0.1) is 0 Å². The lowest BCUT2D eigenvalue weighted by Crippen LogP contribution is -2.63. The molecule has 1 saturated heterocycles. The molecule has 0 aliphatic carbocycles. The van der Waals surface area contributed by atoms with Gasteiger partial charge in [0.05, 0.1) is 22.3 Å². The fraction of sp³-hybridized carbons (Fsp3) is 0.0968. The number of carbonyl (C=O) groups is 1. The Kier molecular flexibility index (Phi) is 6.14. The first kappa shape index (κ1) is 24.7. The number of hydrogen-bond acceptors (Lipinski definition) is 5. The Hall–Kier alpha value is -3.33. The van der Waals surface area contributed by atoms with E-state index in [1.165, 1.54) is 11.8 Å². The van der Waals surface area contributed by atoms with Crippen molar-refractivity contribution < 1.29 is 9.53 Å². The van der Waals surface area contributed by atoms with E-state index in [4.69, 9.17) is 9.84 Å². The summed E-state index contributed by atoms with van der Waals surface area (Å²) in [6, 6.07) is 33.9. The predicted molar refractivity (Wildman–Crippen MR) is 164 cm³/mol. The Morgan fingerprint density at radius 1 is 0.897 bits per heavy atom. The van der Waals surface area contributed by atoms with E-state index in [0.717, 1.165) is 47.7 Å². The molecule has 5 nitrogen and oxygen atoms in total. The first-order valence-corrected chi connectivity index (χ1v) is 14.9. The molecule has 3 heterocycles. The van der Waals surface area contributed by atoms with E-state index >= 15 is 0 Å². The lowest BCUT2D eigenvalue weighted by Gasteiger charge is -2.49. The number of benzene rings is 4. The van der Waals surface area contributed by atoms with Crippen molar-refractivity contribution in [2.24, 2.45) is 5.10 Å². The van der Waals surface area contributed by atoms with E-state index in [1.54, 1.807) is 4.90 Å². The summed E-state index contributed by atoms with van der Waals surface area (Å²) < 4.78 is 8.94. The largest absolute Gasteiger partial charge is 0.443 e. The number of halogens is 2. The van der Waals surface area contributed by atoms with Gasteiger partial charge in [-0.1, -0.05) is 92.5 Å². The van der Waals surface area contributed by atoms with Gasteiger partial charge in [-0.05, 0) is 71.4 Å². The van der Waals surface area contributed by atoms with Gasteiger partial charge in [-0.3, -0.25) is 4.79 Å². The second-order valence-electron chi connectivity index (χ2n) is 9.47. The summed E-state index contributed by atoms with van der Waals surface area (Å²) in [6.07, 6.45) is 2.72. The van der Waals surface area contributed by atoms with Crippen molar-refractivity contribution in [2.75, 3.05) is 4.90 Å². The monoisotopic (exact) mass is 657 g/mol. The molecule has 4 aromatic rings. The van der Waals surface area contributed by atoms with Gasteiger partial charge in [0, 0.05) is 20.9 Å². The molecule has 192 valence electrons. The number of hydrogen-bond donors (Lipinski definition) is 0. The third-order valence-electron chi connectivity index (χ3n) is 7.10. The highest BCUT2D eigenvalue weighted by Crippen LogP contribution is 2.57. The summed E-state index contributed by atoms with van der Waals surface area (Å²) in [5.74, 6) is -0.556. The number of carbonyl (C=O) groups excluding carboxylic acids is 1. The van der Waals surface area contributed by atoms with Crippen LogP contribution in [-0.4, -0.2) is 21.8 Å². The average molecular weight is 659 g/mol. The molecular weight excluding hydrogens is 638 g/mol. The minimum absolute atomic E-state index is 0.118. The molecule has 0 aromatic heterocycles. The third-order valence-corrected chi connectivity index (χ3v) is 9.08. The molecule has 2 unspecified atom stereocenters. The van der Waals surface area contributed by atoms with Crippen molar-refractivity contribution in [1.29, 1.82) is 0 Å². The Morgan fingerprint density at radius 2 is 1.59 bits per heavy atom. The number of ether oxygens (including phenoxy) is 1. The van der Waals surface area contributed by atoms with Crippen LogP contribution in [0.1, 0.15) is 29.2 Å². The first-order valence-electron chi connectivity index (χ1n) is 12.5. The number of para-hydroxylation sites is 1. The highest BCUT2D eigenvalue weighted by Gasteiger charge is 2.63. The second kappa shape index (κ2) is 9.70. The van der Waals surface area contributed by atoms with Crippen molar-refractivity contribution in [1.82, 2.24) is 5.01 Å². The molecular formula is C31H21Br2N3O2S. The molecule has 0 radical (unpaired) electrons. The number of amides is 1. The zero-order valence-corrected chi connectivity index (χ0v) is 24.5. The predicted octanol–water partition coefficient (Wildman–Crippen LogP) is 8.82. The van der Waals surface area contributed by atoms with Gasteiger partial charge in [-0.25, -0.2) is 9.91 Å². The van der Waals surface area contributed by atoms with Crippen molar-refractivity contribution in [3.63, 3.8) is 0 Å². The fourth-order valence-electron chi connectivity index (χ4n) is 5.35. The Labute approximate surface area is 247 Å². The summed E-state index contributed by atoms with van der Waals surface area (Å²) in [7, 11) is 0. The third kappa shape index (κ3) is 4.13. The zero-order chi connectivity index (χ0) is 26.6. The number of thioether (sulfide) groups is 1. The van der Waals surface area contributed by atoms with Crippen LogP contribution in [0.3, 0.4) is 0 Å². The van der Waals surface area contributed by atoms with Gasteiger partial charge in [-0.2, -0.15) is 5.10 Å². The van der Waals surface area contributed by atoms with Crippen LogP contribution in [0.5, 0.6) is 5.75 Å². The molecule has 1 fully saturated rings. The molecule has 1 amide bonds. The first-order chi connectivity index (χ1) is 19.0. The maximum atomic E-state index is 13.9. The Bertz CT molecular complexity index is 1640. The van der Waals surface area contributed by atoms with Gasteiger partial charge in [0.25, 0.3) is 5.24 Å². The molecule has 4 aromatic carbocycles. The van der Waals surface area contributed by atoms with E-state index in [9.17, 15) is 4.79 Å². The minimum atomic E-state index is -1.29. The Balaban J connectivity index is 1.49. The van der Waals surface area contributed by atoms with Crippen LogP contribution in [0.4, 0.5) is 10.5 Å². The van der Waals surface area contributed by atoms with E-state index in [2.05, 4.69) is 50.1 Å². The van der Waals surface area contributed by atoms with Gasteiger partial charge >= 0.3 is 5.85 Å². The van der Waals surface area contributed by atoms with Crippen molar-refractivity contribution in [2.45, 2.75) is 18.3 Å². The highest BCUT2D eigenvalue weighted by molar-refractivity contribution is 9.10. The molecule has 0 saturated carbocycles. The molecule has 39 heavy (non-hydrogen) atoms. The number of rotatable bonds is 3. The normalized spacial score (nSPS) is 22.6. The molecule has 3 aliphatic rings. The summed E-state index contributed by atoms with van der Waals surface area (Å²) >= 11 is 8.36. The summed E-state index contributed by atoms with van der Waals surface area (Å²) in [5.41, 5.74) is 4.76. The second-order valence-corrected chi connectivity index (χ2v) is 12.3. The summed E-state index contributed by atoms with van der Waals surface area (Å²) in [4.78, 5) is 16.4. The molecule has 0 bridgehead atoms. The molecule has 0 N–H and O–H groups in total. The van der Waals surface area contributed by atoms with E-state index < -0.39 is 5.85 Å². The van der Waals surface area contributed by atoms with Gasteiger partial charge < -0.3 is 4.74 Å². The lowest BCUT2D eigenvalue weighted by atomic mass is 9.95. The average Bonchev–Trinajstić information content (AvgIpc) is 3.52. The standard InChI is InChI=1S/C31H21Br2N3O2S/c32-22-13-11-20(12-14-22)17-29-31(35(30(37)39-29)24-9-5-2-6-10-24)36-27(25-18-23(33)15-16-28(25)38-31)19-26(34-36)21-7-3-1-4-8-21/h1-18,27H,19H2/b29-17-. The van der Waals surface area contributed by atoms with Gasteiger partial charge in [0.2, 0.25) is 0 Å². The topological polar surface area (TPSA) is 45.1 Å². The maximum Gasteiger partial charge on any atom is 0.321 e. The van der Waals surface area contributed by atoms with Crippen LogP contribution in [0.15, 0.2) is 122 Å². The van der Waals surface area contributed by atoms with Gasteiger partial charge in [-0.15, -0.1) is 0 Å². The number of hydrazone groups is 1. The molecule has 7 rings (SSSR count). The number of nitrogens with zero attached hydrogens (tertiary/aromatic N) is 3. The molecule has 3 aliphatic heterocycles. The van der Waals surface area contributed by atoms with Crippen LogP contribution < -0.4 is 9.64 Å². The molecule has 2 atom stereocenters. The minimum Gasteiger partial charge on any atom is -0.443 e. The van der Waals surface area contributed by atoms with Crippen LogP contribution in [0.25, 0.3) is 6.08 Å². The van der Waals surface area contributed by atoms with Crippen LogP contribution >= 0.6 is 43.6 Å². The molecule has 1 spiro atoms. The fourth-order valence-corrected chi connectivity index (χ4v) is 7.06. The van der Waals surface area contributed by atoms with Gasteiger partial charge in [0.1, 0.15) is 5.75 Å². The maximum absolute atomic E-state index is 13.9. The van der Waals surface area contributed by atoms with E-state index in [1.807, 2.05) is 96.0 Å². The molecule has 8 heteroatoms. The van der Waals surface area contributed by atoms with Crippen molar-refractivity contribution in [3.8, 4) is 5.75 Å². The quantitative estimate of drug-likeness (QED) is 0.221. The van der Waals surface area contributed by atoms with Crippen LogP contribution in [-0.2, 0) is 0 Å². The highest BCUT2D eigenvalue weighted by atomic mass is 79.9. The summed E-state index contributed by atoms with van der Waals surface area (Å²) in [5, 5.41) is 7.10. The number of anilines is 1.